The Bertz CT molecular complexity index is 430. The van der Waals surface area contributed by atoms with Gasteiger partial charge in [0.2, 0.25) is 0 Å². The SMILES string of the molecule is Cc1ccncc1C(=O)N(CC(=O)O)C(C)C. The third-order valence-electron chi connectivity index (χ3n) is 2.46. The molecule has 1 N–H and O–H groups in total. The Hall–Kier alpha value is -1.91. The van der Waals surface area contributed by atoms with Crippen LogP contribution in [0.4, 0.5) is 0 Å². The highest BCUT2D eigenvalue weighted by atomic mass is 16.4. The smallest absolute Gasteiger partial charge is 0.323 e. The number of aromatic nitrogens is 1. The van der Waals surface area contributed by atoms with Gasteiger partial charge >= 0.3 is 5.97 Å². The summed E-state index contributed by atoms with van der Waals surface area (Å²) in [4.78, 5) is 28.1. The minimum absolute atomic E-state index is 0.168. The summed E-state index contributed by atoms with van der Waals surface area (Å²) < 4.78 is 0. The number of carbonyl (C=O) groups is 2. The molecule has 0 fully saturated rings. The van der Waals surface area contributed by atoms with Crippen molar-refractivity contribution in [2.45, 2.75) is 26.8 Å². The van der Waals surface area contributed by atoms with Crippen molar-refractivity contribution in [1.29, 1.82) is 0 Å². The number of aliphatic carboxylic acids is 1. The van der Waals surface area contributed by atoms with Crippen molar-refractivity contribution < 1.29 is 14.7 Å². The Morgan fingerprint density at radius 3 is 2.59 bits per heavy atom. The van der Waals surface area contributed by atoms with Crippen molar-refractivity contribution in [1.82, 2.24) is 9.88 Å². The lowest BCUT2D eigenvalue weighted by Crippen LogP contribution is -2.41. The number of nitrogens with zero attached hydrogens (tertiary/aromatic N) is 2. The molecule has 0 saturated heterocycles. The van der Waals surface area contributed by atoms with Crippen LogP contribution in [0.3, 0.4) is 0 Å². The largest absolute Gasteiger partial charge is 0.480 e. The fraction of sp³-hybridized carbons (Fsp3) is 0.417. The molecule has 0 aromatic carbocycles. The standard InChI is InChI=1S/C12H16N2O3/c1-8(2)14(7-11(15)16)12(17)10-6-13-5-4-9(10)3/h4-6,8H,7H2,1-3H3,(H,15,16). The highest BCUT2D eigenvalue weighted by molar-refractivity contribution is 5.97. The van der Waals surface area contributed by atoms with Crippen LogP contribution in [0, 0.1) is 6.92 Å². The molecule has 0 aliphatic heterocycles. The van der Waals surface area contributed by atoms with E-state index in [9.17, 15) is 9.59 Å². The van der Waals surface area contributed by atoms with E-state index in [2.05, 4.69) is 4.98 Å². The Balaban J connectivity index is 3.00. The third kappa shape index (κ3) is 3.27. The Morgan fingerprint density at radius 1 is 1.47 bits per heavy atom. The van der Waals surface area contributed by atoms with E-state index in [1.807, 2.05) is 0 Å². The average Bonchev–Trinajstić information content (AvgIpc) is 2.25. The molecule has 17 heavy (non-hydrogen) atoms. The first-order valence-electron chi connectivity index (χ1n) is 5.37. The van der Waals surface area contributed by atoms with Crippen LogP contribution in [-0.2, 0) is 4.79 Å². The number of amides is 1. The summed E-state index contributed by atoms with van der Waals surface area (Å²) in [5.74, 6) is -1.32. The first kappa shape index (κ1) is 13.2. The van der Waals surface area contributed by atoms with Gasteiger partial charge in [-0.25, -0.2) is 0 Å². The van der Waals surface area contributed by atoms with Crippen LogP contribution >= 0.6 is 0 Å². The van der Waals surface area contributed by atoms with E-state index in [-0.39, 0.29) is 18.5 Å². The van der Waals surface area contributed by atoms with Crippen molar-refractivity contribution in [3.05, 3.63) is 29.6 Å². The van der Waals surface area contributed by atoms with Crippen molar-refractivity contribution in [2.24, 2.45) is 0 Å². The molecule has 1 amide bonds. The van der Waals surface area contributed by atoms with Gasteiger partial charge in [-0.2, -0.15) is 0 Å². The van der Waals surface area contributed by atoms with Gasteiger partial charge in [-0.05, 0) is 32.4 Å². The van der Waals surface area contributed by atoms with Gasteiger partial charge in [-0.15, -0.1) is 0 Å². The fourth-order valence-electron chi connectivity index (χ4n) is 1.48. The zero-order chi connectivity index (χ0) is 13.0. The molecule has 0 atom stereocenters. The van der Waals surface area contributed by atoms with Crippen LogP contribution in [0.15, 0.2) is 18.5 Å². The minimum Gasteiger partial charge on any atom is -0.480 e. The summed E-state index contributed by atoms with van der Waals surface area (Å²) in [5, 5.41) is 8.79. The van der Waals surface area contributed by atoms with Gasteiger partial charge in [0.25, 0.3) is 5.91 Å². The predicted molar refractivity (Wildman–Crippen MR) is 62.8 cm³/mol. The molecule has 0 aliphatic carbocycles. The van der Waals surface area contributed by atoms with Gasteiger partial charge in [-0.1, -0.05) is 0 Å². The number of aryl methyl sites for hydroxylation is 1. The Morgan fingerprint density at radius 2 is 2.12 bits per heavy atom. The topological polar surface area (TPSA) is 70.5 Å². The molecule has 0 bridgehead atoms. The maximum absolute atomic E-state index is 12.2. The van der Waals surface area contributed by atoms with E-state index in [0.717, 1.165) is 5.56 Å². The van der Waals surface area contributed by atoms with Crippen LogP contribution in [0.1, 0.15) is 29.8 Å². The summed E-state index contributed by atoms with van der Waals surface area (Å²) in [7, 11) is 0. The van der Waals surface area contributed by atoms with Gasteiger partial charge in [0.15, 0.2) is 0 Å². The van der Waals surface area contributed by atoms with Crippen LogP contribution < -0.4 is 0 Å². The van der Waals surface area contributed by atoms with Gasteiger partial charge in [0.05, 0.1) is 5.56 Å². The monoisotopic (exact) mass is 236 g/mol. The molecule has 0 saturated carbocycles. The van der Waals surface area contributed by atoms with Crippen molar-refractivity contribution in [3.8, 4) is 0 Å². The highest BCUT2D eigenvalue weighted by Gasteiger charge is 2.22. The number of rotatable bonds is 4. The molecular weight excluding hydrogens is 220 g/mol. The second-order valence-corrected chi connectivity index (χ2v) is 4.11. The molecule has 1 heterocycles. The summed E-state index contributed by atoms with van der Waals surface area (Å²) in [6.45, 7) is 5.07. The van der Waals surface area contributed by atoms with Crippen LogP contribution in [0.5, 0.6) is 0 Å². The maximum atomic E-state index is 12.2. The van der Waals surface area contributed by atoms with E-state index < -0.39 is 5.97 Å². The fourth-order valence-corrected chi connectivity index (χ4v) is 1.48. The molecule has 1 aromatic heterocycles. The highest BCUT2D eigenvalue weighted by Crippen LogP contribution is 2.11. The second kappa shape index (κ2) is 5.43. The molecule has 0 aliphatic rings. The van der Waals surface area contributed by atoms with Crippen LogP contribution in [0.25, 0.3) is 0 Å². The first-order chi connectivity index (χ1) is 7.93. The zero-order valence-corrected chi connectivity index (χ0v) is 10.2. The van der Waals surface area contributed by atoms with Crippen molar-refractivity contribution >= 4 is 11.9 Å². The Kier molecular flexibility index (Phi) is 4.20. The minimum atomic E-state index is -1.02. The lowest BCUT2D eigenvalue weighted by atomic mass is 10.1. The number of pyridine rings is 1. The maximum Gasteiger partial charge on any atom is 0.323 e. The number of carbonyl (C=O) groups excluding carboxylic acids is 1. The average molecular weight is 236 g/mol. The lowest BCUT2D eigenvalue weighted by molar-refractivity contribution is -0.138. The molecule has 5 nitrogen and oxygen atoms in total. The molecule has 0 radical (unpaired) electrons. The Labute approximate surface area is 100 Å². The van der Waals surface area contributed by atoms with E-state index in [4.69, 9.17) is 5.11 Å². The molecule has 0 spiro atoms. The van der Waals surface area contributed by atoms with Gasteiger partial charge < -0.3 is 10.0 Å². The number of carboxylic acid groups (broad SMARTS) is 1. The van der Waals surface area contributed by atoms with Gasteiger partial charge in [-0.3, -0.25) is 14.6 Å². The number of hydrogen-bond donors (Lipinski definition) is 1. The molecule has 5 heteroatoms. The van der Waals surface area contributed by atoms with E-state index in [1.165, 1.54) is 11.1 Å². The normalized spacial score (nSPS) is 10.4. The quantitative estimate of drug-likeness (QED) is 0.856. The number of hydrogen-bond acceptors (Lipinski definition) is 3. The summed E-state index contributed by atoms with van der Waals surface area (Å²) in [6.07, 6.45) is 3.07. The molecular formula is C12H16N2O3. The third-order valence-corrected chi connectivity index (χ3v) is 2.46. The summed E-state index contributed by atoms with van der Waals surface area (Å²) >= 11 is 0. The lowest BCUT2D eigenvalue weighted by Gasteiger charge is -2.25. The van der Waals surface area contributed by atoms with Crippen LogP contribution in [-0.4, -0.2) is 39.5 Å². The summed E-state index contributed by atoms with van der Waals surface area (Å²) in [5.41, 5.74) is 1.24. The molecule has 1 rings (SSSR count). The molecule has 1 aromatic rings. The molecule has 0 unspecified atom stereocenters. The van der Waals surface area contributed by atoms with E-state index >= 15 is 0 Å². The van der Waals surface area contributed by atoms with Gasteiger partial charge in [0.1, 0.15) is 6.54 Å². The van der Waals surface area contributed by atoms with Crippen molar-refractivity contribution in [3.63, 3.8) is 0 Å². The van der Waals surface area contributed by atoms with Gasteiger partial charge in [0, 0.05) is 18.4 Å². The van der Waals surface area contributed by atoms with Crippen LogP contribution in [0.2, 0.25) is 0 Å². The summed E-state index contributed by atoms with van der Waals surface area (Å²) in [6, 6.07) is 1.56. The first-order valence-corrected chi connectivity index (χ1v) is 5.37. The predicted octanol–water partition coefficient (Wildman–Crippen LogP) is 1.33. The van der Waals surface area contributed by atoms with E-state index in [1.54, 1.807) is 33.0 Å². The zero-order valence-electron chi connectivity index (χ0n) is 10.2. The number of carboxylic acids is 1. The molecule has 92 valence electrons. The van der Waals surface area contributed by atoms with E-state index in [0.29, 0.717) is 5.56 Å². The second-order valence-electron chi connectivity index (χ2n) is 4.11. The van der Waals surface area contributed by atoms with Crippen molar-refractivity contribution in [2.75, 3.05) is 6.54 Å².